The van der Waals surface area contributed by atoms with Gasteiger partial charge in [0.05, 0.1) is 6.54 Å². The van der Waals surface area contributed by atoms with Crippen LogP contribution in [-0.4, -0.2) is 43.1 Å². The molecule has 0 aliphatic carbocycles. The predicted molar refractivity (Wildman–Crippen MR) is 108 cm³/mol. The molecule has 6 nitrogen and oxygen atoms in total. The molecule has 2 aromatic rings. The zero-order valence-electron chi connectivity index (χ0n) is 16.6. The van der Waals surface area contributed by atoms with Gasteiger partial charge in [-0.2, -0.15) is 0 Å². The second kappa shape index (κ2) is 11.0. The molecule has 1 unspecified atom stereocenters. The Balaban J connectivity index is 1.81. The quantitative estimate of drug-likeness (QED) is 0.719. The van der Waals surface area contributed by atoms with Crippen molar-refractivity contribution in [2.45, 2.75) is 26.5 Å². The maximum Gasteiger partial charge on any atom is 0.408 e. The first-order chi connectivity index (χ1) is 13.5. The fraction of sp³-hybridized carbons (Fsp3) is 0.364. The van der Waals surface area contributed by atoms with Gasteiger partial charge in [0.2, 0.25) is 5.91 Å². The van der Waals surface area contributed by atoms with E-state index < -0.39 is 12.1 Å². The van der Waals surface area contributed by atoms with Gasteiger partial charge in [-0.15, -0.1) is 0 Å². The zero-order chi connectivity index (χ0) is 20.4. The summed E-state index contributed by atoms with van der Waals surface area (Å²) in [6.45, 7) is 4.71. The molecular weight excluding hydrogens is 356 g/mol. The van der Waals surface area contributed by atoms with Crippen molar-refractivity contribution in [3.63, 3.8) is 0 Å². The molecule has 0 fully saturated rings. The number of amides is 2. The van der Waals surface area contributed by atoms with Crippen LogP contribution in [0.2, 0.25) is 0 Å². The number of benzene rings is 2. The van der Waals surface area contributed by atoms with Gasteiger partial charge < -0.3 is 19.7 Å². The van der Waals surface area contributed by atoms with E-state index in [1.807, 2.05) is 74.5 Å². The van der Waals surface area contributed by atoms with Gasteiger partial charge in [0.25, 0.3) is 0 Å². The zero-order valence-corrected chi connectivity index (χ0v) is 16.6. The molecule has 2 aromatic carbocycles. The average Bonchev–Trinajstić information content (AvgIpc) is 2.71. The Hall–Kier alpha value is -3.02. The summed E-state index contributed by atoms with van der Waals surface area (Å²) in [7, 11) is 1.70. The summed E-state index contributed by atoms with van der Waals surface area (Å²) in [4.78, 5) is 26.4. The first-order valence-electron chi connectivity index (χ1n) is 9.37. The first-order valence-corrected chi connectivity index (χ1v) is 9.37. The van der Waals surface area contributed by atoms with E-state index in [-0.39, 0.29) is 18.4 Å². The molecule has 0 radical (unpaired) electrons. The van der Waals surface area contributed by atoms with Crippen molar-refractivity contribution in [1.29, 1.82) is 0 Å². The maximum atomic E-state index is 12.7. The molecule has 0 aliphatic heterocycles. The second-order valence-corrected chi connectivity index (χ2v) is 6.85. The van der Waals surface area contributed by atoms with E-state index in [1.165, 1.54) is 0 Å². The first kappa shape index (κ1) is 21.3. The topological polar surface area (TPSA) is 67.9 Å². The normalized spacial score (nSPS) is 11.6. The van der Waals surface area contributed by atoms with E-state index in [0.717, 1.165) is 11.3 Å². The Morgan fingerprint density at radius 3 is 2.21 bits per heavy atom. The molecule has 2 rings (SSSR count). The van der Waals surface area contributed by atoms with Crippen LogP contribution in [0.15, 0.2) is 60.7 Å². The Labute approximate surface area is 166 Å². The SMILES string of the molecule is CC(C)C(NC(=O)OCc1ccccc1)C(=O)N(C)CCOc1ccccc1. The summed E-state index contributed by atoms with van der Waals surface area (Å²) in [5.41, 5.74) is 0.889. The van der Waals surface area contributed by atoms with E-state index in [0.29, 0.717) is 13.2 Å². The fourth-order valence-electron chi connectivity index (χ4n) is 2.57. The molecule has 1 N–H and O–H groups in total. The second-order valence-electron chi connectivity index (χ2n) is 6.85. The molecule has 0 heterocycles. The van der Waals surface area contributed by atoms with Crippen LogP contribution in [0, 0.1) is 5.92 Å². The lowest BCUT2D eigenvalue weighted by Gasteiger charge is -2.26. The van der Waals surface area contributed by atoms with Crippen LogP contribution in [0.4, 0.5) is 4.79 Å². The Kier molecular flexibility index (Phi) is 8.34. The van der Waals surface area contributed by atoms with Crippen LogP contribution < -0.4 is 10.1 Å². The third-order valence-electron chi connectivity index (χ3n) is 4.23. The van der Waals surface area contributed by atoms with Crippen molar-refractivity contribution < 1.29 is 19.1 Å². The average molecular weight is 384 g/mol. The van der Waals surface area contributed by atoms with E-state index in [1.54, 1.807) is 11.9 Å². The third-order valence-corrected chi connectivity index (χ3v) is 4.23. The van der Waals surface area contributed by atoms with E-state index in [4.69, 9.17) is 9.47 Å². The highest BCUT2D eigenvalue weighted by Gasteiger charge is 2.27. The number of alkyl carbamates (subject to hydrolysis) is 1. The molecule has 0 saturated heterocycles. The number of nitrogens with zero attached hydrogens (tertiary/aromatic N) is 1. The summed E-state index contributed by atoms with van der Waals surface area (Å²) in [6.07, 6.45) is -0.607. The summed E-state index contributed by atoms with van der Waals surface area (Å²) in [5, 5.41) is 2.68. The smallest absolute Gasteiger partial charge is 0.408 e. The van der Waals surface area contributed by atoms with E-state index in [9.17, 15) is 9.59 Å². The van der Waals surface area contributed by atoms with Gasteiger partial charge in [0, 0.05) is 7.05 Å². The molecule has 28 heavy (non-hydrogen) atoms. The van der Waals surface area contributed by atoms with Gasteiger partial charge in [-0.1, -0.05) is 62.4 Å². The van der Waals surface area contributed by atoms with Crippen LogP contribution in [0.3, 0.4) is 0 Å². The van der Waals surface area contributed by atoms with Gasteiger partial charge in [-0.25, -0.2) is 4.79 Å². The van der Waals surface area contributed by atoms with Gasteiger partial charge in [-0.05, 0) is 23.6 Å². The van der Waals surface area contributed by atoms with Crippen molar-refractivity contribution in [3.8, 4) is 5.75 Å². The lowest BCUT2D eigenvalue weighted by atomic mass is 10.0. The molecule has 1 atom stereocenters. The highest BCUT2D eigenvalue weighted by Crippen LogP contribution is 2.10. The summed E-state index contributed by atoms with van der Waals surface area (Å²) >= 11 is 0. The van der Waals surface area contributed by atoms with Crippen LogP contribution in [0.25, 0.3) is 0 Å². The van der Waals surface area contributed by atoms with E-state index >= 15 is 0 Å². The third kappa shape index (κ3) is 6.95. The molecule has 150 valence electrons. The van der Waals surface area contributed by atoms with Crippen LogP contribution in [0.5, 0.6) is 5.75 Å². The minimum absolute atomic E-state index is 0.0748. The summed E-state index contributed by atoms with van der Waals surface area (Å²) in [5.74, 6) is 0.504. The number of carbonyl (C=O) groups is 2. The number of rotatable bonds is 9. The highest BCUT2D eigenvalue weighted by molar-refractivity contribution is 5.85. The van der Waals surface area contributed by atoms with Crippen molar-refractivity contribution in [1.82, 2.24) is 10.2 Å². The molecule has 2 amide bonds. The fourth-order valence-corrected chi connectivity index (χ4v) is 2.57. The molecule has 6 heteroatoms. The number of para-hydroxylation sites is 1. The Morgan fingerprint density at radius 1 is 1.00 bits per heavy atom. The van der Waals surface area contributed by atoms with Crippen LogP contribution in [-0.2, 0) is 16.1 Å². The van der Waals surface area contributed by atoms with Crippen LogP contribution >= 0.6 is 0 Å². The van der Waals surface area contributed by atoms with Gasteiger partial charge in [-0.3, -0.25) is 4.79 Å². The van der Waals surface area contributed by atoms with Gasteiger partial charge >= 0.3 is 6.09 Å². The van der Waals surface area contributed by atoms with Gasteiger partial charge in [0.1, 0.15) is 25.0 Å². The molecule has 0 saturated carbocycles. The minimum atomic E-state index is -0.662. The Bertz CT molecular complexity index is 735. The van der Waals surface area contributed by atoms with Crippen molar-refractivity contribution in [3.05, 3.63) is 66.2 Å². The molecule has 0 bridgehead atoms. The monoisotopic (exact) mass is 384 g/mol. The standard InChI is InChI=1S/C22H28N2O4/c1-17(2)20(23-22(26)28-16-18-10-6-4-7-11-18)21(25)24(3)14-15-27-19-12-8-5-9-13-19/h4-13,17,20H,14-16H2,1-3H3,(H,23,26). The van der Waals surface area contributed by atoms with E-state index in [2.05, 4.69) is 5.32 Å². The number of carbonyl (C=O) groups excluding carboxylic acids is 2. The summed E-state index contributed by atoms with van der Waals surface area (Å²) < 4.78 is 10.9. The van der Waals surface area contributed by atoms with Gasteiger partial charge in [0.15, 0.2) is 0 Å². The molecule has 0 spiro atoms. The van der Waals surface area contributed by atoms with Crippen molar-refractivity contribution >= 4 is 12.0 Å². The molecule has 0 aliphatic rings. The maximum absolute atomic E-state index is 12.7. The highest BCUT2D eigenvalue weighted by atomic mass is 16.5. The number of hydrogen-bond acceptors (Lipinski definition) is 4. The van der Waals surface area contributed by atoms with Crippen molar-refractivity contribution in [2.24, 2.45) is 5.92 Å². The lowest BCUT2D eigenvalue weighted by Crippen LogP contribution is -2.51. The Morgan fingerprint density at radius 2 is 1.61 bits per heavy atom. The lowest BCUT2D eigenvalue weighted by molar-refractivity contribution is -0.133. The number of likely N-dealkylation sites (N-methyl/N-ethyl adjacent to an activating group) is 1. The largest absolute Gasteiger partial charge is 0.492 e. The minimum Gasteiger partial charge on any atom is -0.492 e. The predicted octanol–water partition coefficient (Wildman–Crippen LogP) is 3.47. The van der Waals surface area contributed by atoms with Crippen LogP contribution in [0.1, 0.15) is 19.4 Å². The molecule has 0 aromatic heterocycles. The molecular formula is C22H28N2O4. The number of ether oxygens (including phenoxy) is 2. The van der Waals surface area contributed by atoms with Crippen molar-refractivity contribution in [2.75, 3.05) is 20.2 Å². The summed E-state index contributed by atoms with van der Waals surface area (Å²) in [6, 6.07) is 18.2. The number of nitrogens with one attached hydrogen (secondary N) is 1. The number of hydrogen-bond donors (Lipinski definition) is 1.